The van der Waals surface area contributed by atoms with Gasteiger partial charge in [-0.15, -0.1) is 0 Å². The summed E-state index contributed by atoms with van der Waals surface area (Å²) < 4.78 is 0. The average Bonchev–Trinajstić information content (AvgIpc) is 2.69. The van der Waals surface area contributed by atoms with Gasteiger partial charge in [-0.3, -0.25) is 9.69 Å². The lowest BCUT2D eigenvalue weighted by molar-refractivity contribution is 0.0939. The molecule has 1 amide bonds. The maximum absolute atomic E-state index is 12.2. The fourth-order valence-electron chi connectivity index (χ4n) is 3.23. The highest BCUT2D eigenvalue weighted by molar-refractivity contribution is 5.94. The summed E-state index contributed by atoms with van der Waals surface area (Å²) in [7, 11) is 0. The van der Waals surface area contributed by atoms with Crippen molar-refractivity contribution in [2.45, 2.75) is 32.9 Å². The molecule has 4 heteroatoms. The molecule has 4 nitrogen and oxygen atoms in total. The zero-order chi connectivity index (χ0) is 18.4. The number of rotatable bonds is 6. The molecule has 1 saturated heterocycles. The van der Waals surface area contributed by atoms with Crippen LogP contribution in [0.5, 0.6) is 0 Å². The number of nitrogens with one attached hydrogen (secondary N) is 1. The fourth-order valence-corrected chi connectivity index (χ4v) is 3.23. The Hall–Kier alpha value is -2.33. The lowest BCUT2D eigenvalue weighted by Crippen LogP contribution is -2.45. The summed E-state index contributed by atoms with van der Waals surface area (Å²) in [5, 5.41) is 3.01. The predicted octanol–water partition coefficient (Wildman–Crippen LogP) is 3.54. The average molecular weight is 351 g/mol. The van der Waals surface area contributed by atoms with E-state index in [1.165, 1.54) is 11.3 Å². The summed E-state index contributed by atoms with van der Waals surface area (Å²) in [5.41, 5.74) is 3.31. The van der Waals surface area contributed by atoms with E-state index in [0.717, 1.165) is 44.7 Å². The second-order valence-electron chi connectivity index (χ2n) is 7.08. The minimum atomic E-state index is 0.0161. The van der Waals surface area contributed by atoms with Crippen LogP contribution in [0.15, 0.2) is 54.6 Å². The van der Waals surface area contributed by atoms with Crippen LogP contribution in [0.25, 0.3) is 0 Å². The molecule has 26 heavy (non-hydrogen) atoms. The fraction of sp³-hybridized carbons (Fsp3) is 0.409. The third-order valence-electron chi connectivity index (χ3n) is 5.11. The van der Waals surface area contributed by atoms with E-state index in [1.54, 1.807) is 0 Å². The van der Waals surface area contributed by atoms with Crippen LogP contribution in [0.1, 0.15) is 36.2 Å². The number of amides is 1. The highest BCUT2D eigenvalue weighted by Gasteiger charge is 2.17. The van der Waals surface area contributed by atoms with Crippen LogP contribution in [0.4, 0.5) is 5.69 Å². The molecule has 1 heterocycles. The van der Waals surface area contributed by atoms with Crippen LogP contribution in [0, 0.1) is 0 Å². The summed E-state index contributed by atoms with van der Waals surface area (Å²) in [5.74, 6) is 0.0161. The van der Waals surface area contributed by atoms with Crippen LogP contribution in [0.2, 0.25) is 0 Å². The van der Waals surface area contributed by atoms with Gasteiger partial charge in [-0.1, -0.05) is 37.3 Å². The number of para-hydroxylation sites is 1. The van der Waals surface area contributed by atoms with Gasteiger partial charge in [-0.05, 0) is 43.2 Å². The van der Waals surface area contributed by atoms with Gasteiger partial charge in [0.15, 0.2) is 0 Å². The SMILES string of the molecule is CC[C@@H](C)NC(=O)c1ccc(CN2CCN(c3ccccc3)CC2)cc1. The van der Waals surface area contributed by atoms with Crippen molar-refractivity contribution in [3.05, 3.63) is 65.7 Å². The van der Waals surface area contributed by atoms with Crippen molar-refractivity contribution in [1.29, 1.82) is 0 Å². The minimum absolute atomic E-state index is 0.0161. The normalized spacial score (nSPS) is 16.3. The predicted molar refractivity (Wildman–Crippen MR) is 108 cm³/mol. The zero-order valence-corrected chi connectivity index (χ0v) is 15.8. The molecule has 1 fully saturated rings. The topological polar surface area (TPSA) is 35.6 Å². The molecule has 2 aromatic rings. The van der Waals surface area contributed by atoms with E-state index >= 15 is 0 Å². The Balaban J connectivity index is 1.50. The summed E-state index contributed by atoms with van der Waals surface area (Å²) in [6, 6.07) is 18.9. The van der Waals surface area contributed by atoms with Gasteiger partial charge in [0.1, 0.15) is 0 Å². The quantitative estimate of drug-likeness (QED) is 0.865. The second kappa shape index (κ2) is 8.86. The van der Waals surface area contributed by atoms with E-state index in [9.17, 15) is 4.79 Å². The van der Waals surface area contributed by atoms with E-state index in [2.05, 4.69) is 64.5 Å². The van der Waals surface area contributed by atoms with Crippen LogP contribution in [-0.2, 0) is 6.54 Å². The van der Waals surface area contributed by atoms with E-state index in [1.807, 2.05) is 19.1 Å². The molecule has 1 N–H and O–H groups in total. The van der Waals surface area contributed by atoms with E-state index < -0.39 is 0 Å². The number of carbonyl (C=O) groups excluding carboxylic acids is 1. The molecule has 0 spiro atoms. The molecule has 3 rings (SSSR count). The minimum Gasteiger partial charge on any atom is -0.369 e. The standard InChI is InChI=1S/C22H29N3O/c1-3-18(2)23-22(26)20-11-9-19(10-12-20)17-24-13-15-25(16-14-24)21-7-5-4-6-8-21/h4-12,18H,3,13-17H2,1-2H3,(H,23,26)/t18-/m1/s1. The number of anilines is 1. The summed E-state index contributed by atoms with van der Waals surface area (Å²) >= 11 is 0. The molecule has 2 aromatic carbocycles. The largest absolute Gasteiger partial charge is 0.369 e. The van der Waals surface area contributed by atoms with E-state index in [-0.39, 0.29) is 11.9 Å². The van der Waals surface area contributed by atoms with Crippen LogP contribution in [-0.4, -0.2) is 43.0 Å². The van der Waals surface area contributed by atoms with Crippen LogP contribution < -0.4 is 10.2 Å². The number of nitrogens with zero attached hydrogens (tertiary/aromatic N) is 2. The summed E-state index contributed by atoms with van der Waals surface area (Å²) in [6.45, 7) is 9.28. The molecule has 1 atom stereocenters. The molecule has 1 aliphatic rings. The lowest BCUT2D eigenvalue weighted by atomic mass is 10.1. The van der Waals surface area contributed by atoms with Crippen molar-refractivity contribution < 1.29 is 4.79 Å². The Morgan fingerprint density at radius 2 is 1.65 bits per heavy atom. The summed E-state index contributed by atoms with van der Waals surface area (Å²) in [6.07, 6.45) is 0.943. The monoisotopic (exact) mass is 351 g/mol. The zero-order valence-electron chi connectivity index (χ0n) is 15.8. The molecule has 0 unspecified atom stereocenters. The van der Waals surface area contributed by atoms with Crippen molar-refractivity contribution in [2.75, 3.05) is 31.1 Å². The van der Waals surface area contributed by atoms with Gasteiger partial charge < -0.3 is 10.2 Å². The number of hydrogen-bond donors (Lipinski definition) is 1. The molecule has 0 bridgehead atoms. The van der Waals surface area contributed by atoms with Gasteiger partial charge in [0.2, 0.25) is 0 Å². The maximum atomic E-state index is 12.2. The third-order valence-corrected chi connectivity index (χ3v) is 5.11. The number of carbonyl (C=O) groups is 1. The Morgan fingerprint density at radius 1 is 1.00 bits per heavy atom. The second-order valence-corrected chi connectivity index (χ2v) is 7.08. The molecule has 1 aliphatic heterocycles. The molecule has 0 aromatic heterocycles. The Morgan fingerprint density at radius 3 is 2.27 bits per heavy atom. The number of benzene rings is 2. The number of hydrogen-bond acceptors (Lipinski definition) is 3. The first-order valence-corrected chi connectivity index (χ1v) is 9.58. The van der Waals surface area contributed by atoms with Gasteiger partial charge in [0, 0.05) is 50.0 Å². The third kappa shape index (κ3) is 4.85. The Labute approximate surface area is 156 Å². The van der Waals surface area contributed by atoms with Gasteiger partial charge >= 0.3 is 0 Å². The first kappa shape index (κ1) is 18.5. The molecular formula is C22H29N3O. The lowest BCUT2D eigenvalue weighted by Gasteiger charge is -2.36. The highest BCUT2D eigenvalue weighted by atomic mass is 16.1. The van der Waals surface area contributed by atoms with Gasteiger partial charge in [-0.25, -0.2) is 0 Å². The van der Waals surface area contributed by atoms with Crippen molar-refractivity contribution >= 4 is 11.6 Å². The maximum Gasteiger partial charge on any atom is 0.251 e. The molecular weight excluding hydrogens is 322 g/mol. The van der Waals surface area contributed by atoms with Gasteiger partial charge in [0.05, 0.1) is 0 Å². The van der Waals surface area contributed by atoms with Crippen molar-refractivity contribution in [3.8, 4) is 0 Å². The van der Waals surface area contributed by atoms with E-state index in [0.29, 0.717) is 0 Å². The molecule has 138 valence electrons. The van der Waals surface area contributed by atoms with Crippen LogP contribution >= 0.6 is 0 Å². The smallest absolute Gasteiger partial charge is 0.251 e. The van der Waals surface area contributed by atoms with Crippen molar-refractivity contribution in [1.82, 2.24) is 10.2 Å². The van der Waals surface area contributed by atoms with E-state index in [4.69, 9.17) is 0 Å². The van der Waals surface area contributed by atoms with Gasteiger partial charge in [-0.2, -0.15) is 0 Å². The van der Waals surface area contributed by atoms with Crippen molar-refractivity contribution in [3.63, 3.8) is 0 Å². The molecule has 0 radical (unpaired) electrons. The Bertz CT molecular complexity index is 691. The van der Waals surface area contributed by atoms with Gasteiger partial charge in [0.25, 0.3) is 5.91 Å². The molecule has 0 saturated carbocycles. The first-order chi connectivity index (χ1) is 12.7. The van der Waals surface area contributed by atoms with Crippen LogP contribution in [0.3, 0.4) is 0 Å². The number of piperazine rings is 1. The molecule has 0 aliphatic carbocycles. The highest BCUT2D eigenvalue weighted by Crippen LogP contribution is 2.17. The first-order valence-electron chi connectivity index (χ1n) is 9.58. The summed E-state index contributed by atoms with van der Waals surface area (Å²) in [4.78, 5) is 17.1. The van der Waals surface area contributed by atoms with Crippen molar-refractivity contribution in [2.24, 2.45) is 0 Å². The Kier molecular flexibility index (Phi) is 6.29.